The van der Waals surface area contributed by atoms with E-state index in [0.29, 0.717) is 30.3 Å². The van der Waals surface area contributed by atoms with Crippen LogP contribution < -0.4 is 25.8 Å². The van der Waals surface area contributed by atoms with Gasteiger partial charge in [0.15, 0.2) is 5.82 Å². The Morgan fingerprint density at radius 2 is 1.66 bits per heavy atom. The molecule has 0 saturated carbocycles. The van der Waals surface area contributed by atoms with Gasteiger partial charge < -0.3 is 45.8 Å². The summed E-state index contributed by atoms with van der Waals surface area (Å²) in [5.74, 6) is 4.26. The number of aromatic nitrogens is 4. The van der Waals surface area contributed by atoms with Gasteiger partial charge in [-0.25, -0.2) is 14.8 Å². The van der Waals surface area contributed by atoms with E-state index < -0.39 is 23.6 Å². The molecule has 4 aromatic rings. The number of aliphatic hydroxyl groups excluding tert-OH is 1. The van der Waals surface area contributed by atoms with Gasteiger partial charge in [-0.2, -0.15) is 0 Å². The number of urea groups is 1. The number of anilines is 3. The number of piperidine rings is 2. The molecule has 6 atom stereocenters. The fourth-order valence-electron chi connectivity index (χ4n) is 10.7. The van der Waals surface area contributed by atoms with Crippen LogP contribution in [0.25, 0.3) is 11.3 Å². The number of piperazine rings is 1. The molecule has 5 N–H and O–H groups in total. The third-order valence-corrected chi connectivity index (χ3v) is 14.7. The van der Waals surface area contributed by atoms with Crippen molar-refractivity contribution in [1.82, 2.24) is 45.5 Å². The lowest BCUT2D eigenvalue weighted by Gasteiger charge is -2.41. The Kier molecular flexibility index (Phi) is 13.4. The summed E-state index contributed by atoms with van der Waals surface area (Å²) in [4.78, 5) is 61.4. The molecule has 4 saturated heterocycles. The second kappa shape index (κ2) is 19.6. The first-order valence-electron chi connectivity index (χ1n) is 24.1. The van der Waals surface area contributed by atoms with Crippen molar-refractivity contribution in [3.05, 3.63) is 83.7 Å². The van der Waals surface area contributed by atoms with E-state index in [1.165, 1.54) is 4.90 Å². The monoisotopic (exact) mass is 925 g/mol. The quantitative estimate of drug-likeness (QED) is 0.143. The van der Waals surface area contributed by atoms with Crippen molar-refractivity contribution in [3.8, 4) is 29.4 Å². The van der Waals surface area contributed by atoms with Gasteiger partial charge in [-0.05, 0) is 73.4 Å². The highest BCUT2D eigenvalue weighted by atomic mass is 16.3. The molecular formula is C51H64N12O5. The fraction of sp³-hybridized carbons (Fsp3) is 0.510. The summed E-state index contributed by atoms with van der Waals surface area (Å²) in [5.41, 5.74) is 4.40. The van der Waals surface area contributed by atoms with E-state index in [2.05, 4.69) is 59.8 Å². The third-order valence-electron chi connectivity index (χ3n) is 14.7. The van der Waals surface area contributed by atoms with Gasteiger partial charge in [0.2, 0.25) is 17.8 Å². The van der Waals surface area contributed by atoms with Crippen molar-refractivity contribution < 1.29 is 24.6 Å². The molecule has 4 fully saturated rings. The highest BCUT2D eigenvalue weighted by Gasteiger charge is 2.46. The van der Waals surface area contributed by atoms with Crippen LogP contribution in [-0.2, 0) is 16.1 Å². The Morgan fingerprint density at radius 1 is 0.941 bits per heavy atom. The van der Waals surface area contributed by atoms with Gasteiger partial charge in [0.25, 0.3) is 0 Å². The molecule has 0 spiro atoms. The number of para-hydroxylation sites is 1. The van der Waals surface area contributed by atoms with Crippen LogP contribution in [0.2, 0.25) is 0 Å². The van der Waals surface area contributed by atoms with Gasteiger partial charge in [-0.1, -0.05) is 51.0 Å². The number of carbonyl (C=O) groups excluding carboxylic acids is 3. The maximum atomic E-state index is 14.2. The van der Waals surface area contributed by atoms with Gasteiger partial charge in [0.1, 0.15) is 17.8 Å². The summed E-state index contributed by atoms with van der Waals surface area (Å²) in [5, 5.41) is 39.6. The van der Waals surface area contributed by atoms with Crippen LogP contribution in [0.15, 0.2) is 67.0 Å². The second-order valence-electron chi connectivity index (χ2n) is 20.2. The molecule has 2 aromatic heterocycles. The Balaban J connectivity index is 0.732. The summed E-state index contributed by atoms with van der Waals surface area (Å²) in [6.07, 6.45) is 11.7. The number of aliphatic hydroxyl groups is 1. The molecule has 5 aliphatic heterocycles. The van der Waals surface area contributed by atoms with E-state index in [1.54, 1.807) is 29.2 Å². The summed E-state index contributed by atoms with van der Waals surface area (Å²) >= 11 is 0. The van der Waals surface area contributed by atoms with Crippen LogP contribution in [0.3, 0.4) is 0 Å². The molecule has 358 valence electrons. The Hall–Kier alpha value is -6.51. The molecule has 5 aliphatic rings. The fourth-order valence-corrected chi connectivity index (χ4v) is 10.7. The number of terminal acetylenes is 1. The number of carbonyl (C=O) groups is 3. The lowest BCUT2D eigenvalue weighted by molar-refractivity contribution is -0.142. The number of benzene rings is 2. The zero-order chi connectivity index (χ0) is 47.7. The molecule has 0 bridgehead atoms. The molecule has 68 heavy (non-hydrogen) atoms. The van der Waals surface area contributed by atoms with Crippen LogP contribution in [0.4, 0.5) is 22.2 Å². The van der Waals surface area contributed by atoms with Crippen molar-refractivity contribution in [2.75, 3.05) is 74.0 Å². The molecular weight excluding hydrogens is 861 g/mol. The van der Waals surface area contributed by atoms with Crippen LogP contribution in [0.1, 0.15) is 76.0 Å². The molecule has 9 rings (SSSR count). The average Bonchev–Trinajstić information content (AvgIpc) is 3.93. The van der Waals surface area contributed by atoms with Gasteiger partial charge >= 0.3 is 6.03 Å². The van der Waals surface area contributed by atoms with E-state index in [-0.39, 0.29) is 61.1 Å². The van der Waals surface area contributed by atoms with Crippen LogP contribution in [0, 0.1) is 23.7 Å². The maximum Gasteiger partial charge on any atom is 0.318 e. The molecule has 2 aromatic carbocycles. The standard InChI is InChI=1S/C51H64N12O5/c1-6-33-11-13-34(14-12-33)27-52-47(66)42-25-37(64)31-63(42)48(67)45(51(3,4)5)56-50(68)61-23-21-59(22-24-61)30-35-15-18-60(19-16-35)36-28-53-49(54-29-36)62-20-17-40-44(32(62)2)39-26-41(57-58-46(39)55-40)38-9-7-8-10-43(38)65/h1,7-14,26,28-29,32,35,37,40,42,44-45,64-65H,15-25,27,30-31H2,2-5H3,(H,52,66)(H,55,58)(H,56,68)/t32-,37-,40?,42+,44?,45-/m1/s1. The van der Waals surface area contributed by atoms with Crippen LogP contribution in [-0.4, -0.2) is 152 Å². The topological polar surface area (TPSA) is 196 Å². The van der Waals surface area contributed by atoms with E-state index in [9.17, 15) is 24.6 Å². The number of phenols is 1. The van der Waals surface area contributed by atoms with E-state index in [0.717, 1.165) is 92.7 Å². The van der Waals surface area contributed by atoms with Crippen molar-refractivity contribution in [2.24, 2.45) is 11.3 Å². The predicted molar refractivity (Wildman–Crippen MR) is 260 cm³/mol. The third kappa shape index (κ3) is 9.88. The first-order chi connectivity index (χ1) is 32.7. The van der Waals surface area contributed by atoms with Gasteiger partial charge in [-0.15, -0.1) is 16.6 Å². The maximum absolute atomic E-state index is 14.2. The molecule has 4 amide bonds. The van der Waals surface area contributed by atoms with Gasteiger partial charge in [0.05, 0.1) is 29.9 Å². The smallest absolute Gasteiger partial charge is 0.318 e. The molecule has 17 nitrogen and oxygen atoms in total. The minimum atomic E-state index is -0.900. The normalized spacial score (nSPS) is 23.6. The largest absolute Gasteiger partial charge is 0.507 e. The number of aromatic hydroxyl groups is 1. The summed E-state index contributed by atoms with van der Waals surface area (Å²) in [6.45, 7) is 14.4. The van der Waals surface area contributed by atoms with Crippen LogP contribution >= 0.6 is 0 Å². The van der Waals surface area contributed by atoms with E-state index in [4.69, 9.17) is 16.4 Å². The predicted octanol–water partition coefficient (Wildman–Crippen LogP) is 4.03. The van der Waals surface area contributed by atoms with Crippen molar-refractivity contribution in [1.29, 1.82) is 0 Å². The number of fused-ring (bicyclic) bond motifs is 3. The average molecular weight is 925 g/mol. The number of nitrogens with one attached hydrogen (secondary N) is 3. The minimum absolute atomic E-state index is 0.0175. The number of nitrogens with zero attached hydrogens (tertiary/aromatic N) is 9. The summed E-state index contributed by atoms with van der Waals surface area (Å²) in [7, 11) is 0. The Morgan fingerprint density at radius 3 is 2.35 bits per heavy atom. The lowest BCUT2D eigenvalue weighted by atomic mass is 9.83. The SMILES string of the molecule is C#Cc1ccc(CNC(=O)[C@@H]2C[C@@H](O)CN2C(=O)[C@@H](NC(=O)N2CCN(CC3CCN(c4cnc(N5CCC6Nc7nnc(-c8ccccc8O)cc7C6[C@H]5C)nc4)CC3)CC2)C(C)(C)C)cc1. The number of hydrogen-bond donors (Lipinski definition) is 5. The minimum Gasteiger partial charge on any atom is -0.507 e. The van der Waals surface area contributed by atoms with E-state index >= 15 is 0 Å². The van der Waals surface area contributed by atoms with Gasteiger partial charge in [-0.3, -0.25) is 14.5 Å². The molecule has 0 aliphatic carbocycles. The Labute approximate surface area is 398 Å². The molecule has 2 unspecified atom stereocenters. The highest BCUT2D eigenvalue weighted by Crippen LogP contribution is 2.44. The molecule has 17 heteroatoms. The zero-order valence-corrected chi connectivity index (χ0v) is 39.5. The Bertz CT molecular complexity index is 2490. The number of likely N-dealkylation sites (tertiary alicyclic amines) is 1. The highest BCUT2D eigenvalue weighted by molar-refractivity contribution is 5.93. The van der Waals surface area contributed by atoms with Crippen molar-refractivity contribution in [2.45, 2.75) is 96.1 Å². The number of amides is 4. The summed E-state index contributed by atoms with van der Waals surface area (Å²) < 4.78 is 0. The van der Waals surface area contributed by atoms with Crippen LogP contribution in [0.5, 0.6) is 5.75 Å². The van der Waals surface area contributed by atoms with Crippen molar-refractivity contribution >= 4 is 35.3 Å². The number of rotatable bonds is 10. The first kappa shape index (κ1) is 46.6. The molecule has 7 heterocycles. The number of hydrogen-bond acceptors (Lipinski definition) is 13. The number of β-amino-alcohol motifs (C(OH)–C–C–N with tert-alkyl or cyclic N) is 1. The van der Waals surface area contributed by atoms with Gasteiger partial charge in [0, 0.05) is 107 Å². The summed E-state index contributed by atoms with van der Waals surface area (Å²) in [6, 6.07) is 14.9. The van der Waals surface area contributed by atoms with Crippen molar-refractivity contribution in [3.63, 3.8) is 0 Å². The lowest BCUT2D eigenvalue weighted by Crippen LogP contribution is -2.61. The zero-order valence-electron chi connectivity index (χ0n) is 39.5. The number of phenolic OH excluding ortho intramolecular Hbond substituents is 1. The second-order valence-corrected chi connectivity index (χ2v) is 20.2. The molecule has 0 radical (unpaired) electrons. The first-order valence-corrected chi connectivity index (χ1v) is 24.1. The van der Waals surface area contributed by atoms with E-state index in [1.807, 2.05) is 57.4 Å².